The average Bonchev–Trinajstić information content (AvgIpc) is 2.79. The molecule has 1 aromatic rings. The molecule has 1 aliphatic rings. The molecule has 0 bridgehead atoms. The Labute approximate surface area is 205 Å². The molecule has 0 aromatic heterocycles. The number of benzene rings is 1. The number of rotatable bonds is 10. The third-order valence-corrected chi connectivity index (χ3v) is 6.03. The van der Waals surface area contributed by atoms with Crippen LogP contribution in [-0.4, -0.2) is 60.9 Å². The van der Waals surface area contributed by atoms with Crippen molar-refractivity contribution in [2.45, 2.75) is 25.7 Å². The molecular formula is C21H29F5N6O3S. The van der Waals surface area contributed by atoms with Crippen LogP contribution >= 0.6 is 10.2 Å². The number of likely N-dealkylation sites (N-methyl/N-ethyl adjacent to an activating group) is 1. The molecule has 202 valence electrons. The van der Waals surface area contributed by atoms with E-state index in [2.05, 4.69) is 26.9 Å². The zero-order valence-electron chi connectivity index (χ0n) is 20.2. The summed E-state index contributed by atoms with van der Waals surface area (Å²) in [7, 11) is -9.05. The van der Waals surface area contributed by atoms with E-state index >= 15 is 0 Å². The van der Waals surface area contributed by atoms with Crippen molar-refractivity contribution in [2.24, 2.45) is 15.9 Å². The fourth-order valence-electron chi connectivity index (χ4n) is 3.13. The molecule has 1 aliphatic heterocycles. The lowest BCUT2D eigenvalue weighted by Gasteiger charge is -2.40. The van der Waals surface area contributed by atoms with Gasteiger partial charge in [0.05, 0.1) is 26.0 Å². The van der Waals surface area contributed by atoms with Gasteiger partial charge in [0.25, 0.3) is 5.90 Å². The molecule has 1 heterocycles. The molecule has 2 rings (SSSR count). The number of Topliss-reactive ketones (excluding diaryl/α,β-unsaturated/α-hetero) is 1. The molecule has 3 N–H and O–H groups in total. The zero-order chi connectivity index (χ0) is 27.4. The monoisotopic (exact) mass is 540 g/mol. The van der Waals surface area contributed by atoms with Gasteiger partial charge in [-0.3, -0.25) is 10.2 Å². The SMILES string of the molecule is C=C1C=C(N(CC)CC)C(OCC)=NN1/C(N)=N\NCC(=O)c1cc(OC)cc(S(F)(F)(F)(F)F)c1. The highest BCUT2D eigenvalue weighted by molar-refractivity contribution is 8.45. The second-order valence-electron chi connectivity index (χ2n) is 7.44. The van der Waals surface area contributed by atoms with Crippen molar-refractivity contribution in [1.29, 1.82) is 0 Å². The Bertz CT molecular complexity index is 1120. The first-order chi connectivity index (χ1) is 16.5. The van der Waals surface area contributed by atoms with Crippen LogP contribution in [0, 0.1) is 0 Å². The molecule has 0 amide bonds. The summed E-state index contributed by atoms with van der Waals surface area (Å²) in [6.45, 7) is 10.6. The molecule has 0 unspecified atom stereocenters. The van der Waals surface area contributed by atoms with Crippen LogP contribution in [0.25, 0.3) is 0 Å². The zero-order valence-corrected chi connectivity index (χ0v) is 21.1. The third-order valence-electron chi connectivity index (χ3n) is 4.90. The van der Waals surface area contributed by atoms with Crippen molar-refractivity contribution in [2.75, 3.05) is 33.4 Å². The van der Waals surface area contributed by atoms with Gasteiger partial charge < -0.3 is 20.1 Å². The maximum absolute atomic E-state index is 13.3. The normalized spacial score (nSPS) is 16.4. The number of hydrazone groups is 2. The first-order valence-corrected chi connectivity index (χ1v) is 12.7. The third kappa shape index (κ3) is 7.02. The summed E-state index contributed by atoms with van der Waals surface area (Å²) in [5, 5.41) is 9.24. The van der Waals surface area contributed by atoms with Crippen molar-refractivity contribution in [3.63, 3.8) is 0 Å². The van der Waals surface area contributed by atoms with Crippen LogP contribution in [0.15, 0.2) is 57.3 Å². The molecule has 0 aliphatic carbocycles. The van der Waals surface area contributed by atoms with E-state index < -0.39 is 38.8 Å². The van der Waals surface area contributed by atoms with E-state index in [0.717, 1.165) is 18.2 Å². The molecule has 0 radical (unpaired) electrons. The predicted octanol–water partition coefficient (Wildman–Crippen LogP) is 4.76. The van der Waals surface area contributed by atoms with Crippen molar-refractivity contribution >= 4 is 27.9 Å². The van der Waals surface area contributed by atoms with Gasteiger partial charge in [-0.05, 0) is 39.0 Å². The van der Waals surface area contributed by atoms with E-state index in [1.54, 1.807) is 13.0 Å². The molecule has 0 saturated heterocycles. The van der Waals surface area contributed by atoms with E-state index in [0.29, 0.717) is 31.1 Å². The molecule has 9 nitrogen and oxygen atoms in total. The van der Waals surface area contributed by atoms with Gasteiger partial charge in [-0.15, -0.1) is 10.2 Å². The number of carbonyl (C=O) groups is 1. The lowest BCUT2D eigenvalue weighted by molar-refractivity contribution is 0.0991. The molecule has 0 saturated carbocycles. The van der Waals surface area contributed by atoms with E-state index in [1.807, 2.05) is 18.7 Å². The van der Waals surface area contributed by atoms with Gasteiger partial charge in [-0.1, -0.05) is 26.0 Å². The topological polar surface area (TPSA) is 105 Å². The fourth-order valence-corrected chi connectivity index (χ4v) is 3.82. The summed E-state index contributed by atoms with van der Waals surface area (Å²) in [5.41, 5.74) is 8.63. The minimum absolute atomic E-state index is 0.0752. The Hall–Kier alpha value is -3.49. The highest BCUT2D eigenvalue weighted by Gasteiger charge is 2.65. The second kappa shape index (κ2) is 9.87. The maximum Gasteiger partial charge on any atom is 0.310 e. The van der Waals surface area contributed by atoms with Gasteiger partial charge in [0.1, 0.15) is 16.3 Å². The van der Waals surface area contributed by atoms with Crippen LogP contribution in [-0.2, 0) is 4.74 Å². The molecule has 15 heteroatoms. The van der Waals surface area contributed by atoms with Crippen LogP contribution in [0.1, 0.15) is 31.1 Å². The van der Waals surface area contributed by atoms with E-state index in [9.17, 15) is 24.2 Å². The molecule has 1 aromatic carbocycles. The Balaban J connectivity index is 2.23. The number of allylic oxidation sites excluding steroid dienone is 1. The van der Waals surface area contributed by atoms with Crippen molar-refractivity contribution in [1.82, 2.24) is 15.3 Å². The lowest BCUT2D eigenvalue weighted by atomic mass is 10.1. The Morgan fingerprint density at radius 3 is 2.36 bits per heavy atom. The number of nitrogens with two attached hydrogens (primary N) is 1. The quantitative estimate of drug-likeness (QED) is 0.145. The summed E-state index contributed by atoms with van der Waals surface area (Å²) in [6.07, 6.45) is 1.69. The van der Waals surface area contributed by atoms with Crippen molar-refractivity contribution < 1.29 is 33.7 Å². The number of carbonyl (C=O) groups excluding carboxylic acids is 1. The molecular weight excluding hydrogens is 511 g/mol. The highest BCUT2D eigenvalue weighted by Crippen LogP contribution is 3.02. The fraction of sp³-hybridized carbons (Fsp3) is 0.381. The van der Waals surface area contributed by atoms with E-state index in [1.165, 1.54) is 0 Å². The number of halogens is 5. The minimum Gasteiger partial charge on any atom is -0.497 e. The molecule has 0 fully saturated rings. The number of nitrogens with zero attached hydrogens (tertiary/aromatic N) is 4. The van der Waals surface area contributed by atoms with Gasteiger partial charge in [-0.2, -0.15) is 5.01 Å². The molecule has 0 spiro atoms. The lowest BCUT2D eigenvalue weighted by Crippen LogP contribution is -2.40. The second-order valence-corrected chi connectivity index (χ2v) is 9.85. The smallest absolute Gasteiger partial charge is 0.310 e. The van der Waals surface area contributed by atoms with Gasteiger partial charge in [0.15, 0.2) is 5.78 Å². The summed E-state index contributed by atoms with van der Waals surface area (Å²) in [5.74, 6) is -1.50. The van der Waals surface area contributed by atoms with Gasteiger partial charge >= 0.3 is 10.2 Å². The van der Waals surface area contributed by atoms with Gasteiger partial charge in [0, 0.05) is 24.7 Å². The molecule has 0 atom stereocenters. The number of hydrogen-bond donors (Lipinski definition) is 2. The number of guanidine groups is 1. The first-order valence-electron chi connectivity index (χ1n) is 10.7. The van der Waals surface area contributed by atoms with Gasteiger partial charge in [0.2, 0.25) is 5.96 Å². The summed E-state index contributed by atoms with van der Waals surface area (Å²) in [4.78, 5) is 12.2. The minimum atomic E-state index is -10.0. The van der Waals surface area contributed by atoms with E-state index in [4.69, 9.17) is 10.5 Å². The number of methoxy groups -OCH3 is 1. The van der Waals surface area contributed by atoms with Crippen LogP contribution < -0.4 is 15.9 Å². The van der Waals surface area contributed by atoms with Crippen LogP contribution in [0.4, 0.5) is 19.4 Å². The largest absolute Gasteiger partial charge is 0.497 e. The van der Waals surface area contributed by atoms with E-state index in [-0.39, 0.29) is 24.0 Å². The van der Waals surface area contributed by atoms with Crippen molar-refractivity contribution in [3.8, 4) is 5.75 Å². The first kappa shape index (κ1) is 28.7. The highest BCUT2D eigenvalue weighted by atomic mass is 32.5. The number of nitrogens with one attached hydrogen (secondary N) is 1. The Kier molecular flexibility index (Phi) is 7.88. The molecule has 36 heavy (non-hydrogen) atoms. The Morgan fingerprint density at radius 2 is 1.83 bits per heavy atom. The van der Waals surface area contributed by atoms with Crippen LogP contribution in [0.2, 0.25) is 0 Å². The van der Waals surface area contributed by atoms with Crippen molar-refractivity contribution in [3.05, 3.63) is 47.8 Å². The standard InChI is InChI=1S/C21H29F5N6O3S/c1-6-31(7-2)18-9-14(4)32(30-20(18)35-8-3)21(27)29-28-13-19(33)15-10-16(34-5)12-17(11-15)36(22,23,24,25)26/h9-12,28H,4,6-8,13H2,1-3,5H3,(H2,27,29). The van der Waals surface area contributed by atoms with Crippen LogP contribution in [0.3, 0.4) is 0 Å². The number of ether oxygens (including phenoxy) is 2. The average molecular weight is 541 g/mol. The number of ketones is 1. The summed E-state index contributed by atoms with van der Waals surface area (Å²) in [6, 6.07) is 1.12. The van der Waals surface area contributed by atoms with Gasteiger partial charge in [-0.25, -0.2) is 0 Å². The summed E-state index contributed by atoms with van der Waals surface area (Å²) < 4.78 is 76.5. The maximum atomic E-state index is 13.3. The van der Waals surface area contributed by atoms with Crippen LogP contribution in [0.5, 0.6) is 5.75 Å². The Morgan fingerprint density at radius 1 is 1.19 bits per heavy atom. The number of hydrogen-bond acceptors (Lipinski definition) is 7. The summed E-state index contributed by atoms with van der Waals surface area (Å²) >= 11 is 0. The predicted molar refractivity (Wildman–Crippen MR) is 129 cm³/mol.